The van der Waals surface area contributed by atoms with Crippen LogP contribution in [0.2, 0.25) is 0 Å². The van der Waals surface area contributed by atoms with Gasteiger partial charge >= 0.3 is 5.69 Å². The van der Waals surface area contributed by atoms with Crippen LogP contribution in [-0.2, 0) is 11.3 Å². The van der Waals surface area contributed by atoms with Crippen molar-refractivity contribution in [2.24, 2.45) is 0 Å². The molecular weight excluding hydrogens is 287 g/mol. The molecule has 0 saturated carbocycles. The van der Waals surface area contributed by atoms with Gasteiger partial charge in [0.15, 0.2) is 0 Å². The second kappa shape index (κ2) is 5.88. The number of aromatic nitrogens is 2. The van der Waals surface area contributed by atoms with Crippen LogP contribution in [0.4, 0.5) is 4.39 Å². The lowest BCUT2D eigenvalue weighted by Gasteiger charge is -2.16. The first-order valence-electron chi connectivity index (χ1n) is 7.25. The highest BCUT2D eigenvalue weighted by Gasteiger charge is 2.22. The summed E-state index contributed by atoms with van der Waals surface area (Å²) in [6, 6.07) is 7.41. The minimum absolute atomic E-state index is 0.0504. The van der Waals surface area contributed by atoms with E-state index in [0.717, 1.165) is 28.3 Å². The van der Waals surface area contributed by atoms with E-state index in [4.69, 9.17) is 4.74 Å². The zero-order valence-corrected chi connectivity index (χ0v) is 12.3. The van der Waals surface area contributed by atoms with Crippen molar-refractivity contribution in [3.63, 3.8) is 0 Å². The van der Waals surface area contributed by atoms with E-state index >= 15 is 0 Å². The zero-order valence-electron chi connectivity index (χ0n) is 12.3. The molecular formula is C16H17FN2O3. The van der Waals surface area contributed by atoms with E-state index in [0.29, 0.717) is 13.0 Å². The molecule has 3 rings (SSSR count). The van der Waals surface area contributed by atoms with Crippen molar-refractivity contribution in [3.05, 3.63) is 68.2 Å². The molecule has 22 heavy (non-hydrogen) atoms. The van der Waals surface area contributed by atoms with E-state index in [1.165, 1.54) is 4.57 Å². The van der Waals surface area contributed by atoms with Crippen molar-refractivity contribution in [2.75, 3.05) is 6.61 Å². The molecule has 0 spiro atoms. The van der Waals surface area contributed by atoms with Gasteiger partial charge in [0.05, 0.1) is 12.7 Å². The number of hydrogen-bond acceptors (Lipinski definition) is 3. The van der Waals surface area contributed by atoms with Crippen molar-refractivity contribution in [1.29, 1.82) is 0 Å². The number of hydrogen-bond donors (Lipinski definition) is 0. The molecule has 2 heterocycles. The maximum Gasteiger partial charge on any atom is 0.333 e. The maximum atomic E-state index is 13.9. The van der Waals surface area contributed by atoms with Crippen LogP contribution in [0.1, 0.15) is 30.2 Å². The van der Waals surface area contributed by atoms with Crippen LogP contribution in [0, 0.1) is 12.7 Å². The molecule has 6 heteroatoms. The Morgan fingerprint density at radius 3 is 2.77 bits per heavy atom. The minimum Gasteiger partial charge on any atom is -0.358 e. The van der Waals surface area contributed by atoms with Gasteiger partial charge in [-0.2, -0.15) is 4.39 Å². The quantitative estimate of drug-likeness (QED) is 0.869. The van der Waals surface area contributed by atoms with Gasteiger partial charge in [0.25, 0.3) is 5.56 Å². The predicted molar refractivity (Wildman–Crippen MR) is 79.4 cm³/mol. The monoisotopic (exact) mass is 304 g/mol. The first-order chi connectivity index (χ1) is 10.6. The molecule has 0 aliphatic carbocycles. The van der Waals surface area contributed by atoms with E-state index in [2.05, 4.69) is 0 Å². The fraction of sp³-hybridized carbons (Fsp3) is 0.375. The molecule has 0 N–H and O–H groups in total. The van der Waals surface area contributed by atoms with E-state index < -0.39 is 23.3 Å². The van der Waals surface area contributed by atoms with Gasteiger partial charge in [-0.3, -0.25) is 13.9 Å². The molecule has 0 unspecified atom stereocenters. The third-order valence-electron chi connectivity index (χ3n) is 3.96. The highest BCUT2D eigenvalue weighted by molar-refractivity contribution is 5.25. The highest BCUT2D eigenvalue weighted by atomic mass is 19.1. The van der Waals surface area contributed by atoms with Gasteiger partial charge in [-0.15, -0.1) is 0 Å². The summed E-state index contributed by atoms with van der Waals surface area (Å²) in [6.07, 6.45) is 1.91. The number of ether oxygens (including phenoxy) is 1. The predicted octanol–water partition coefficient (Wildman–Crippen LogP) is 1.81. The minimum atomic E-state index is -0.941. The van der Waals surface area contributed by atoms with E-state index in [9.17, 15) is 14.0 Å². The smallest absolute Gasteiger partial charge is 0.333 e. The van der Waals surface area contributed by atoms with E-state index in [-0.39, 0.29) is 6.54 Å². The lowest BCUT2D eigenvalue weighted by Crippen LogP contribution is -2.42. The number of benzene rings is 1. The fourth-order valence-corrected chi connectivity index (χ4v) is 2.67. The van der Waals surface area contributed by atoms with E-state index in [1.807, 2.05) is 31.2 Å². The Morgan fingerprint density at radius 2 is 2.09 bits per heavy atom. The van der Waals surface area contributed by atoms with Crippen LogP contribution in [0.3, 0.4) is 0 Å². The Hall–Kier alpha value is -2.21. The standard InChI is InChI=1S/C16H17FN2O3/c1-11-5-2-3-6-12(11)9-19-15(20)13(17)10-18(16(19)21)14-7-4-8-22-14/h2-3,5-6,10,14H,4,7-9H2,1H3/t14-/m1/s1. The van der Waals surface area contributed by atoms with Crippen LogP contribution in [0.15, 0.2) is 40.1 Å². The topological polar surface area (TPSA) is 53.2 Å². The van der Waals surface area contributed by atoms with Crippen molar-refractivity contribution in [3.8, 4) is 0 Å². The summed E-state index contributed by atoms with van der Waals surface area (Å²) >= 11 is 0. The Balaban J connectivity index is 2.09. The summed E-state index contributed by atoms with van der Waals surface area (Å²) in [6.45, 7) is 2.47. The lowest BCUT2D eigenvalue weighted by atomic mass is 10.1. The largest absolute Gasteiger partial charge is 0.358 e. The number of rotatable bonds is 3. The summed E-state index contributed by atoms with van der Waals surface area (Å²) in [7, 11) is 0. The molecule has 0 radical (unpaired) electrons. The number of halogens is 1. The fourth-order valence-electron chi connectivity index (χ4n) is 2.67. The summed E-state index contributed by atoms with van der Waals surface area (Å²) < 4.78 is 21.5. The number of aryl methyl sites for hydroxylation is 1. The molecule has 1 aliphatic rings. The average Bonchev–Trinajstić information content (AvgIpc) is 3.03. The second-order valence-electron chi connectivity index (χ2n) is 5.45. The summed E-state index contributed by atoms with van der Waals surface area (Å²) in [4.78, 5) is 24.5. The van der Waals surface area contributed by atoms with Gasteiger partial charge < -0.3 is 4.74 Å². The summed E-state index contributed by atoms with van der Waals surface area (Å²) in [5.74, 6) is -0.941. The van der Waals surface area contributed by atoms with Gasteiger partial charge in [-0.25, -0.2) is 4.79 Å². The molecule has 1 fully saturated rings. The molecule has 2 aromatic rings. The average molecular weight is 304 g/mol. The van der Waals surface area contributed by atoms with Crippen LogP contribution >= 0.6 is 0 Å². The molecule has 1 saturated heterocycles. The van der Waals surface area contributed by atoms with Crippen molar-refractivity contribution >= 4 is 0 Å². The highest BCUT2D eigenvalue weighted by Crippen LogP contribution is 2.20. The third kappa shape index (κ3) is 2.62. The first kappa shape index (κ1) is 14.7. The molecule has 116 valence electrons. The number of nitrogens with zero attached hydrogens (tertiary/aromatic N) is 2. The molecule has 5 nitrogen and oxygen atoms in total. The molecule has 1 aromatic heterocycles. The SMILES string of the molecule is Cc1ccccc1Cn1c(=O)c(F)cn([C@H]2CCCO2)c1=O. The van der Waals surface area contributed by atoms with Crippen molar-refractivity contribution < 1.29 is 9.13 Å². The second-order valence-corrected chi connectivity index (χ2v) is 5.45. The van der Waals surface area contributed by atoms with Crippen LogP contribution in [-0.4, -0.2) is 15.7 Å². The van der Waals surface area contributed by atoms with Gasteiger partial charge in [-0.05, 0) is 30.9 Å². The van der Waals surface area contributed by atoms with Gasteiger partial charge in [0.2, 0.25) is 5.82 Å². The van der Waals surface area contributed by atoms with Crippen LogP contribution < -0.4 is 11.2 Å². The van der Waals surface area contributed by atoms with E-state index in [1.54, 1.807) is 0 Å². The van der Waals surface area contributed by atoms with Gasteiger partial charge in [-0.1, -0.05) is 24.3 Å². The van der Waals surface area contributed by atoms with Gasteiger partial charge in [0, 0.05) is 6.61 Å². The van der Waals surface area contributed by atoms with Crippen molar-refractivity contribution in [2.45, 2.75) is 32.5 Å². The van der Waals surface area contributed by atoms with Crippen LogP contribution in [0.5, 0.6) is 0 Å². The lowest BCUT2D eigenvalue weighted by molar-refractivity contribution is 0.0504. The molecule has 1 aliphatic heterocycles. The van der Waals surface area contributed by atoms with Crippen molar-refractivity contribution in [1.82, 2.24) is 9.13 Å². The Morgan fingerprint density at radius 1 is 1.32 bits per heavy atom. The Kier molecular flexibility index (Phi) is 3.94. The van der Waals surface area contributed by atoms with Crippen LogP contribution in [0.25, 0.3) is 0 Å². The normalized spacial score (nSPS) is 17.8. The molecule has 0 amide bonds. The summed E-state index contributed by atoms with van der Waals surface area (Å²) in [5.41, 5.74) is 0.317. The summed E-state index contributed by atoms with van der Waals surface area (Å²) in [5, 5.41) is 0. The first-order valence-corrected chi connectivity index (χ1v) is 7.25. The Labute approximate surface area is 126 Å². The maximum absolute atomic E-state index is 13.9. The van der Waals surface area contributed by atoms with Gasteiger partial charge in [0.1, 0.15) is 6.23 Å². The molecule has 0 bridgehead atoms. The molecule has 1 aromatic carbocycles. The molecule has 1 atom stereocenters. The Bertz CT molecular complexity index is 804. The third-order valence-corrected chi connectivity index (χ3v) is 3.96. The zero-order chi connectivity index (χ0) is 15.7.